The molecular formula is C6H13F5O2S. The molecule has 0 aliphatic carbocycles. The van der Waals surface area contributed by atoms with Crippen LogP contribution < -0.4 is 0 Å². The molecule has 0 aromatic carbocycles. The van der Waals surface area contributed by atoms with Crippen LogP contribution in [0.4, 0.5) is 23.0 Å². The van der Waals surface area contributed by atoms with Gasteiger partial charge in [-0.25, -0.2) is 8.42 Å². The third-order valence-electron chi connectivity index (χ3n) is 1.84. The highest BCUT2D eigenvalue weighted by Crippen LogP contribution is 2.16. The van der Waals surface area contributed by atoms with Gasteiger partial charge in [-0.05, 0) is 18.8 Å². The molecule has 1 aliphatic rings. The number of sulfone groups is 1. The quantitative estimate of drug-likeness (QED) is 0.614. The van der Waals surface area contributed by atoms with E-state index in [1.165, 1.54) is 0 Å². The van der Waals surface area contributed by atoms with Crippen molar-refractivity contribution in [2.45, 2.75) is 19.8 Å². The second-order valence-corrected chi connectivity index (χ2v) is 5.14. The van der Waals surface area contributed by atoms with Crippen LogP contribution in [0, 0.1) is 5.92 Å². The van der Waals surface area contributed by atoms with E-state index in [0.717, 1.165) is 12.8 Å². The fourth-order valence-corrected chi connectivity index (χ4v) is 2.73. The summed E-state index contributed by atoms with van der Waals surface area (Å²) in [5, 5.41) is 0. The summed E-state index contributed by atoms with van der Waals surface area (Å²) in [6.07, 6.45) is 1.73. The highest BCUT2D eigenvalue weighted by Gasteiger charge is 2.19. The Labute approximate surface area is 79.3 Å². The van der Waals surface area contributed by atoms with Crippen molar-refractivity contribution in [3.05, 3.63) is 0 Å². The lowest BCUT2D eigenvalue weighted by Crippen LogP contribution is -2.21. The first kappa shape index (κ1) is 19.2. The maximum absolute atomic E-state index is 10.8. The van der Waals surface area contributed by atoms with Gasteiger partial charge in [-0.3, -0.25) is 4.70 Å². The van der Waals surface area contributed by atoms with E-state index in [9.17, 15) is 8.42 Å². The molecule has 1 heterocycles. The smallest absolute Gasteiger partial charge is 0.150 e. The minimum absolute atomic E-state index is 0. The Morgan fingerprint density at radius 3 is 1.50 bits per heavy atom. The summed E-state index contributed by atoms with van der Waals surface area (Å²) in [5.74, 6) is 1.44. The van der Waals surface area contributed by atoms with Gasteiger partial charge in [0.2, 0.25) is 0 Å². The Bertz CT molecular complexity index is 180. The van der Waals surface area contributed by atoms with Gasteiger partial charge in [-0.1, -0.05) is 6.92 Å². The second kappa shape index (κ2) is 10.7. The summed E-state index contributed by atoms with van der Waals surface area (Å²) >= 11 is 0. The summed E-state index contributed by atoms with van der Waals surface area (Å²) in [6, 6.07) is 0. The van der Waals surface area contributed by atoms with E-state index in [1.54, 1.807) is 0 Å². The van der Waals surface area contributed by atoms with Crippen LogP contribution in [-0.4, -0.2) is 19.9 Å². The summed E-state index contributed by atoms with van der Waals surface area (Å²) in [4.78, 5) is 0. The zero-order valence-electron chi connectivity index (χ0n) is 7.55. The summed E-state index contributed by atoms with van der Waals surface area (Å²) < 4.78 is 53.6. The molecule has 1 rings (SSSR count). The number of rotatable bonds is 0. The average molecular weight is 244 g/mol. The van der Waals surface area contributed by atoms with Crippen LogP contribution >= 0.6 is 0 Å². The van der Waals surface area contributed by atoms with E-state index in [-0.39, 0.29) is 4.70 Å². The molecule has 0 radical (unpaired) electrons. The van der Waals surface area contributed by atoms with Gasteiger partial charge < -0.3 is 0 Å². The minimum Gasteiger partial charge on any atom is -0.269 e. The lowest BCUT2D eigenvalue weighted by atomic mass is 10.1. The van der Waals surface area contributed by atoms with Crippen molar-refractivity contribution in [1.82, 2.24) is 0 Å². The van der Waals surface area contributed by atoms with Crippen LogP contribution in [0.2, 0.25) is 0 Å². The highest BCUT2D eigenvalue weighted by atomic mass is 32.2. The van der Waals surface area contributed by atoms with E-state index >= 15 is 0 Å². The molecule has 0 spiro atoms. The minimum atomic E-state index is -2.62. The van der Waals surface area contributed by atoms with Gasteiger partial charge in [-0.2, -0.15) is 0 Å². The zero-order chi connectivity index (χ0) is 10.9. The van der Waals surface area contributed by atoms with Gasteiger partial charge in [0.05, 0.1) is 11.5 Å². The highest BCUT2D eigenvalue weighted by molar-refractivity contribution is 7.91. The second-order valence-electron chi connectivity index (χ2n) is 2.83. The van der Waals surface area contributed by atoms with E-state index in [0.29, 0.717) is 17.4 Å². The van der Waals surface area contributed by atoms with Crippen molar-refractivity contribution in [2.24, 2.45) is 5.92 Å². The molecule has 0 aromatic rings. The van der Waals surface area contributed by atoms with Gasteiger partial charge in [0.25, 0.3) is 0 Å². The van der Waals surface area contributed by atoms with Crippen LogP contribution in [-0.2, 0) is 9.84 Å². The van der Waals surface area contributed by atoms with E-state index in [4.69, 9.17) is 18.3 Å². The number of hydrogen-bond acceptors (Lipinski definition) is 2. The third-order valence-corrected chi connectivity index (χ3v) is 3.56. The van der Waals surface area contributed by atoms with E-state index in [1.807, 2.05) is 0 Å². The monoisotopic (exact) mass is 244 g/mol. The van der Waals surface area contributed by atoms with Crippen molar-refractivity contribution in [3.63, 3.8) is 0 Å². The molecule has 1 fully saturated rings. The van der Waals surface area contributed by atoms with Crippen LogP contribution in [0.3, 0.4) is 0 Å². The maximum Gasteiger partial charge on any atom is 0.150 e. The zero-order valence-corrected chi connectivity index (χ0v) is 8.37. The van der Waals surface area contributed by atoms with Crippen LogP contribution in [0.25, 0.3) is 0 Å². The third kappa shape index (κ3) is 9.69. The van der Waals surface area contributed by atoms with Crippen molar-refractivity contribution < 1.29 is 31.4 Å². The SMILES string of the molecule is CC1CCS(=O)(=O)CC1.F.FF.FF. The Kier molecular flexibility index (Phi) is 14.7. The summed E-state index contributed by atoms with van der Waals surface area (Å²) in [6.45, 7) is 2.11. The Balaban J connectivity index is -0.000000216. The number of halogens is 5. The standard InChI is InChI=1S/C6H12O2S.2F2.FH/c1-6-2-4-9(7,8)5-3-6;2*1-2;/h6H,2-5H2,1H3;;;1H. The molecule has 0 bridgehead atoms. The molecule has 0 amide bonds. The Morgan fingerprint density at radius 1 is 1.00 bits per heavy atom. The van der Waals surface area contributed by atoms with Gasteiger partial charge in [-0.15, -0.1) is 0 Å². The summed E-state index contributed by atoms with van der Waals surface area (Å²) in [7, 11) is -2.62. The first-order chi connectivity index (χ1) is 6.10. The molecule has 1 saturated heterocycles. The molecule has 0 N–H and O–H groups in total. The maximum atomic E-state index is 10.8. The van der Waals surface area contributed by atoms with Crippen LogP contribution in [0.15, 0.2) is 0 Å². The van der Waals surface area contributed by atoms with Gasteiger partial charge >= 0.3 is 0 Å². The fraction of sp³-hybridized carbons (Fsp3) is 1.00. The Hall–Kier alpha value is -0.400. The molecular weight excluding hydrogens is 231 g/mol. The topological polar surface area (TPSA) is 34.1 Å². The van der Waals surface area contributed by atoms with Crippen molar-refractivity contribution >= 4 is 9.84 Å². The molecule has 0 atom stereocenters. The van der Waals surface area contributed by atoms with Crippen molar-refractivity contribution in [3.8, 4) is 0 Å². The predicted octanol–water partition coefficient (Wildman–Crippen LogP) is 2.66. The van der Waals surface area contributed by atoms with Gasteiger partial charge in [0.1, 0.15) is 9.84 Å². The first-order valence-corrected chi connectivity index (χ1v) is 5.41. The predicted molar refractivity (Wildman–Crippen MR) is 44.0 cm³/mol. The van der Waals surface area contributed by atoms with Gasteiger partial charge in [0.15, 0.2) is 0 Å². The average Bonchev–Trinajstić information content (AvgIpc) is 2.17. The van der Waals surface area contributed by atoms with Crippen LogP contribution in [0.1, 0.15) is 19.8 Å². The molecule has 0 unspecified atom stereocenters. The van der Waals surface area contributed by atoms with Crippen molar-refractivity contribution in [2.75, 3.05) is 11.5 Å². The van der Waals surface area contributed by atoms with Gasteiger partial charge in [0, 0.05) is 18.3 Å². The lowest BCUT2D eigenvalue weighted by molar-refractivity contribution is 0.108. The van der Waals surface area contributed by atoms with Crippen LogP contribution in [0.5, 0.6) is 0 Å². The van der Waals surface area contributed by atoms with Crippen molar-refractivity contribution in [1.29, 1.82) is 0 Å². The van der Waals surface area contributed by atoms with E-state index in [2.05, 4.69) is 6.92 Å². The largest absolute Gasteiger partial charge is 0.269 e. The lowest BCUT2D eigenvalue weighted by Gasteiger charge is -2.16. The molecule has 0 aromatic heterocycles. The summed E-state index contributed by atoms with van der Waals surface area (Å²) in [5.41, 5.74) is 0. The normalized spacial score (nSPS) is 18.9. The van der Waals surface area contributed by atoms with E-state index < -0.39 is 9.84 Å². The molecule has 8 heteroatoms. The fourth-order valence-electron chi connectivity index (χ4n) is 1.01. The first-order valence-electron chi connectivity index (χ1n) is 3.59. The molecule has 90 valence electrons. The number of hydrogen-bond donors (Lipinski definition) is 0. The molecule has 14 heavy (non-hydrogen) atoms. The molecule has 1 aliphatic heterocycles. The molecule has 2 nitrogen and oxygen atoms in total. The molecule has 0 saturated carbocycles. The Morgan fingerprint density at radius 2 is 1.29 bits per heavy atom.